The van der Waals surface area contributed by atoms with E-state index < -0.39 is 0 Å². The minimum absolute atomic E-state index is 0.100. The van der Waals surface area contributed by atoms with Crippen molar-refractivity contribution >= 4 is 5.91 Å². The molecule has 0 bridgehead atoms. The minimum Gasteiger partial charge on any atom is -0.319 e. The van der Waals surface area contributed by atoms with Crippen LogP contribution in [0.15, 0.2) is 24.3 Å². The van der Waals surface area contributed by atoms with Crippen molar-refractivity contribution in [2.45, 2.75) is 51.2 Å². The van der Waals surface area contributed by atoms with Crippen LogP contribution < -0.4 is 5.32 Å². The van der Waals surface area contributed by atoms with E-state index in [1.54, 1.807) is 12.1 Å². The van der Waals surface area contributed by atoms with Crippen molar-refractivity contribution in [1.29, 1.82) is 0 Å². The van der Waals surface area contributed by atoms with Gasteiger partial charge in [-0.15, -0.1) is 0 Å². The number of amides is 1. The van der Waals surface area contributed by atoms with Gasteiger partial charge in [-0.05, 0) is 37.7 Å². The highest BCUT2D eigenvalue weighted by Gasteiger charge is 2.38. The monoisotopic (exact) mass is 290 g/mol. The number of carbonyl (C=O) groups excluding carboxylic acids is 1. The lowest BCUT2D eigenvalue weighted by Crippen LogP contribution is -2.42. The largest absolute Gasteiger partial charge is 0.319 e. The Bertz CT molecular complexity index is 511. The van der Waals surface area contributed by atoms with Crippen LogP contribution in [0.2, 0.25) is 0 Å². The average molecular weight is 290 g/mol. The number of nitrogens with zero attached hydrogens (tertiary/aromatic N) is 1. The maximum atomic E-state index is 14.0. The summed E-state index contributed by atoms with van der Waals surface area (Å²) in [5.74, 6) is 0.652. The molecule has 1 heterocycles. The van der Waals surface area contributed by atoms with Gasteiger partial charge in [-0.1, -0.05) is 31.5 Å². The molecule has 1 saturated heterocycles. The molecule has 1 atom stereocenters. The minimum atomic E-state index is -0.304. The third-order valence-electron chi connectivity index (χ3n) is 5.00. The molecular weight excluding hydrogens is 267 g/mol. The second-order valence-electron chi connectivity index (χ2n) is 6.19. The number of hydrogen-bond donors (Lipinski definition) is 1. The molecule has 2 aliphatic rings. The van der Waals surface area contributed by atoms with Gasteiger partial charge >= 0.3 is 0 Å². The SMILES string of the molecule is CCC1CCC(N2C(=O)CNC2c2ccccc2F)CC1. The highest BCUT2D eigenvalue weighted by molar-refractivity contribution is 5.81. The smallest absolute Gasteiger partial charge is 0.238 e. The molecule has 3 nitrogen and oxygen atoms in total. The lowest BCUT2D eigenvalue weighted by atomic mass is 9.83. The van der Waals surface area contributed by atoms with Gasteiger partial charge < -0.3 is 4.90 Å². The Hall–Kier alpha value is -1.42. The van der Waals surface area contributed by atoms with Gasteiger partial charge in [0.2, 0.25) is 5.91 Å². The van der Waals surface area contributed by atoms with Gasteiger partial charge in [0.25, 0.3) is 0 Å². The molecular formula is C17H23FN2O. The molecule has 0 spiro atoms. The Labute approximate surface area is 125 Å². The molecule has 1 aliphatic carbocycles. The van der Waals surface area contributed by atoms with Gasteiger partial charge in [0.1, 0.15) is 12.0 Å². The average Bonchev–Trinajstić information content (AvgIpc) is 2.89. The van der Waals surface area contributed by atoms with E-state index in [0.29, 0.717) is 12.1 Å². The summed E-state index contributed by atoms with van der Waals surface area (Å²) in [6.45, 7) is 2.54. The van der Waals surface area contributed by atoms with Gasteiger partial charge in [-0.25, -0.2) is 4.39 Å². The van der Waals surface area contributed by atoms with E-state index in [1.165, 1.54) is 25.3 Å². The summed E-state index contributed by atoms with van der Waals surface area (Å²) >= 11 is 0. The Morgan fingerprint density at radius 1 is 1.24 bits per heavy atom. The van der Waals surface area contributed by atoms with E-state index in [1.807, 2.05) is 11.0 Å². The summed E-state index contributed by atoms with van der Waals surface area (Å²) in [4.78, 5) is 14.2. The third-order valence-corrected chi connectivity index (χ3v) is 5.00. The first-order chi connectivity index (χ1) is 10.2. The van der Waals surface area contributed by atoms with Crippen molar-refractivity contribution in [3.63, 3.8) is 0 Å². The van der Waals surface area contributed by atoms with Crippen molar-refractivity contribution in [1.82, 2.24) is 10.2 Å². The second kappa shape index (κ2) is 6.14. The highest BCUT2D eigenvalue weighted by Crippen LogP contribution is 2.35. The molecule has 4 heteroatoms. The Balaban J connectivity index is 1.79. The predicted molar refractivity (Wildman–Crippen MR) is 80.0 cm³/mol. The standard InChI is InChI=1S/C17H23FN2O/c1-2-12-7-9-13(10-8-12)20-16(21)11-19-17(20)14-5-3-4-6-15(14)18/h3-6,12-13,17,19H,2,7-11H2,1H3. The second-order valence-corrected chi connectivity index (χ2v) is 6.19. The number of halogens is 1. The zero-order valence-corrected chi connectivity index (χ0v) is 12.5. The Kier molecular flexibility index (Phi) is 4.24. The summed E-state index contributed by atoms with van der Waals surface area (Å²) in [7, 11) is 0. The number of carbonyl (C=O) groups is 1. The maximum absolute atomic E-state index is 14.0. The van der Waals surface area contributed by atoms with Crippen molar-refractivity contribution in [2.24, 2.45) is 5.92 Å². The molecule has 1 N–H and O–H groups in total. The zero-order valence-electron chi connectivity index (χ0n) is 12.5. The number of rotatable bonds is 3. The van der Waals surface area contributed by atoms with Crippen LogP contribution in [0, 0.1) is 11.7 Å². The van der Waals surface area contributed by atoms with Crippen LogP contribution in [-0.4, -0.2) is 23.4 Å². The topological polar surface area (TPSA) is 32.3 Å². The molecule has 3 rings (SSSR count). The molecule has 1 amide bonds. The van der Waals surface area contributed by atoms with Crippen LogP contribution in [0.25, 0.3) is 0 Å². The lowest BCUT2D eigenvalue weighted by Gasteiger charge is -2.37. The van der Waals surface area contributed by atoms with Crippen molar-refractivity contribution in [3.05, 3.63) is 35.6 Å². The van der Waals surface area contributed by atoms with E-state index in [0.717, 1.165) is 18.8 Å². The van der Waals surface area contributed by atoms with Crippen molar-refractivity contribution in [2.75, 3.05) is 6.54 Å². The van der Waals surface area contributed by atoms with Crippen LogP contribution in [0.3, 0.4) is 0 Å². The third kappa shape index (κ3) is 2.82. The molecule has 21 heavy (non-hydrogen) atoms. The van der Waals surface area contributed by atoms with Gasteiger partial charge in [-0.3, -0.25) is 10.1 Å². The molecule has 1 saturated carbocycles. The summed E-state index contributed by atoms with van der Waals surface area (Å²) in [5.41, 5.74) is 0.584. The van der Waals surface area contributed by atoms with Crippen molar-refractivity contribution in [3.8, 4) is 0 Å². The van der Waals surface area contributed by atoms with Crippen molar-refractivity contribution < 1.29 is 9.18 Å². The zero-order chi connectivity index (χ0) is 14.8. The fraction of sp³-hybridized carbons (Fsp3) is 0.588. The fourth-order valence-corrected chi connectivity index (χ4v) is 3.72. The number of benzene rings is 1. The summed E-state index contributed by atoms with van der Waals surface area (Å²) in [6, 6.07) is 7.00. The van der Waals surface area contributed by atoms with Gasteiger partial charge in [0, 0.05) is 11.6 Å². The Morgan fingerprint density at radius 2 is 1.95 bits per heavy atom. The van der Waals surface area contributed by atoms with Crippen LogP contribution in [0.1, 0.15) is 50.8 Å². The van der Waals surface area contributed by atoms with Gasteiger partial charge in [0.15, 0.2) is 0 Å². The van der Waals surface area contributed by atoms with E-state index in [4.69, 9.17) is 0 Å². The van der Waals surface area contributed by atoms with Crippen LogP contribution in [0.5, 0.6) is 0 Å². The molecule has 0 aromatic heterocycles. The molecule has 1 aromatic carbocycles. The maximum Gasteiger partial charge on any atom is 0.238 e. The van der Waals surface area contributed by atoms with Gasteiger partial charge in [0.05, 0.1) is 6.54 Å². The van der Waals surface area contributed by atoms with E-state index in [9.17, 15) is 9.18 Å². The van der Waals surface area contributed by atoms with Crippen LogP contribution in [-0.2, 0) is 4.79 Å². The van der Waals surface area contributed by atoms with E-state index in [2.05, 4.69) is 12.2 Å². The lowest BCUT2D eigenvalue weighted by molar-refractivity contribution is -0.131. The molecule has 1 unspecified atom stereocenters. The van der Waals surface area contributed by atoms with Crippen LogP contribution in [0.4, 0.5) is 4.39 Å². The molecule has 1 aromatic rings. The first-order valence-electron chi connectivity index (χ1n) is 7.99. The molecule has 1 aliphatic heterocycles. The normalized spacial score (nSPS) is 29.9. The summed E-state index contributed by atoms with van der Waals surface area (Å²) in [5, 5.41) is 3.17. The van der Waals surface area contributed by atoms with Crippen LogP contribution >= 0.6 is 0 Å². The van der Waals surface area contributed by atoms with E-state index in [-0.39, 0.29) is 23.9 Å². The first kappa shape index (κ1) is 14.5. The fourth-order valence-electron chi connectivity index (χ4n) is 3.72. The van der Waals surface area contributed by atoms with E-state index >= 15 is 0 Å². The first-order valence-corrected chi connectivity index (χ1v) is 7.99. The quantitative estimate of drug-likeness (QED) is 0.927. The molecule has 0 radical (unpaired) electrons. The Morgan fingerprint density at radius 3 is 2.62 bits per heavy atom. The molecule has 114 valence electrons. The highest BCUT2D eigenvalue weighted by atomic mass is 19.1. The number of nitrogens with one attached hydrogen (secondary N) is 1. The van der Waals surface area contributed by atoms with Gasteiger partial charge in [-0.2, -0.15) is 0 Å². The summed E-state index contributed by atoms with van der Waals surface area (Å²) < 4.78 is 14.0. The number of hydrogen-bond acceptors (Lipinski definition) is 2. The predicted octanol–water partition coefficient (Wildman–Crippen LogP) is 3.22. The summed E-state index contributed by atoms with van der Waals surface area (Å²) in [6.07, 6.45) is 5.34. The molecule has 2 fully saturated rings.